The molecular formula is C30H68Br2. The van der Waals surface area contributed by atoms with Crippen LogP contribution in [0.3, 0.4) is 0 Å². The second-order valence-electron chi connectivity index (χ2n) is 6.89. The molecule has 0 heterocycles. The van der Waals surface area contributed by atoms with Crippen molar-refractivity contribution in [2.75, 3.05) is 10.7 Å². The monoisotopic (exact) mass is 586 g/mol. The van der Waals surface area contributed by atoms with Gasteiger partial charge in [-0.15, -0.1) is 26.3 Å². The Balaban J connectivity index is -0.0000000369. The first-order valence-electron chi connectivity index (χ1n) is 8.75. The second kappa shape index (κ2) is 33.1. The molecule has 0 aromatic heterocycles. The van der Waals surface area contributed by atoms with Crippen LogP contribution in [0.4, 0.5) is 0 Å². The minimum absolute atomic E-state index is 0. The van der Waals surface area contributed by atoms with Crippen molar-refractivity contribution in [2.45, 2.75) is 98.9 Å². The summed E-state index contributed by atoms with van der Waals surface area (Å²) in [6, 6.07) is 0. The zero-order valence-corrected chi connectivity index (χ0v) is 17.5. The van der Waals surface area contributed by atoms with E-state index in [2.05, 4.69) is 82.5 Å². The van der Waals surface area contributed by atoms with Crippen molar-refractivity contribution >= 4 is 31.9 Å². The van der Waals surface area contributed by atoms with Gasteiger partial charge in [0.15, 0.2) is 0 Å². The molecule has 0 amide bonds. The van der Waals surface area contributed by atoms with Gasteiger partial charge in [-0.2, -0.15) is 0 Å². The summed E-state index contributed by atoms with van der Waals surface area (Å²) in [5, 5.41) is 2.22. The number of allylic oxidation sites excluding steroid dienone is 4. The molecule has 2 aliphatic rings. The molecule has 2 heteroatoms. The van der Waals surface area contributed by atoms with Crippen LogP contribution in [0.25, 0.3) is 0 Å². The van der Waals surface area contributed by atoms with Crippen molar-refractivity contribution in [1.29, 1.82) is 0 Å². The van der Waals surface area contributed by atoms with Crippen molar-refractivity contribution < 1.29 is 0 Å². The van der Waals surface area contributed by atoms with E-state index in [-0.39, 0.29) is 66.8 Å². The van der Waals surface area contributed by atoms with Crippen LogP contribution in [-0.2, 0) is 0 Å². The third kappa shape index (κ3) is 18.4. The Hall–Kier alpha value is -0.0800. The molecule has 0 nitrogen and oxygen atoms in total. The number of halogens is 2. The highest BCUT2D eigenvalue weighted by atomic mass is 79.9. The minimum atomic E-state index is 0. The molecule has 0 spiro atoms. The highest BCUT2D eigenvalue weighted by molar-refractivity contribution is 9.09. The van der Waals surface area contributed by atoms with Gasteiger partial charge in [-0.1, -0.05) is 123 Å². The van der Waals surface area contributed by atoms with Gasteiger partial charge in [0.1, 0.15) is 0 Å². The van der Waals surface area contributed by atoms with Crippen LogP contribution in [0, 0.1) is 35.5 Å². The number of rotatable bonds is 7. The Kier molecular flexibility index (Phi) is 60.1. The van der Waals surface area contributed by atoms with Gasteiger partial charge in [0.05, 0.1) is 0 Å². The number of alkyl halides is 2. The lowest BCUT2D eigenvalue weighted by Crippen LogP contribution is -2.05. The van der Waals surface area contributed by atoms with Crippen LogP contribution in [0.2, 0.25) is 0 Å². The molecule has 0 bridgehead atoms. The zero-order chi connectivity index (χ0) is 17.2. The van der Waals surface area contributed by atoms with E-state index in [0.29, 0.717) is 5.92 Å². The first-order chi connectivity index (χ1) is 11.1. The fourth-order valence-electron chi connectivity index (χ4n) is 4.02. The molecule has 0 N–H and O–H groups in total. The maximum atomic E-state index is 3.89. The van der Waals surface area contributed by atoms with E-state index in [1.807, 2.05) is 0 Å². The van der Waals surface area contributed by atoms with E-state index in [1.54, 1.807) is 0 Å². The largest absolute Gasteiger partial charge is 0.103 e. The van der Waals surface area contributed by atoms with E-state index < -0.39 is 0 Å². The average molecular weight is 589 g/mol. The summed E-state index contributed by atoms with van der Waals surface area (Å²) in [7, 11) is 0. The van der Waals surface area contributed by atoms with Crippen molar-refractivity contribution in [1.82, 2.24) is 0 Å². The second-order valence-corrected chi connectivity index (χ2v) is 8.33. The van der Waals surface area contributed by atoms with Crippen molar-refractivity contribution in [3.63, 3.8) is 0 Å². The quantitative estimate of drug-likeness (QED) is 0.205. The lowest BCUT2D eigenvalue weighted by Gasteiger charge is -2.13. The zero-order valence-electron chi connectivity index (χ0n) is 14.3. The van der Waals surface area contributed by atoms with Crippen LogP contribution in [0.5, 0.6) is 0 Å². The standard InChI is InChI=1S/C11H17Br.C10H15Br.9CH4/c1-3-9-7-10(4-2)11(8-9)5-6-12;1-3-8-5-9(4-2)10(6-8)7-11;;;;;;;;;/h3-4,9-11H,1-2,5-8H2;3-4,8-10H,1-2,5-7H2;9*1H4. The third-order valence-corrected chi connectivity index (χ3v) is 6.81. The molecule has 0 aromatic rings. The van der Waals surface area contributed by atoms with Gasteiger partial charge in [-0.3, -0.25) is 0 Å². The van der Waals surface area contributed by atoms with E-state index in [9.17, 15) is 0 Å². The predicted molar refractivity (Wildman–Crippen MR) is 173 cm³/mol. The summed E-state index contributed by atoms with van der Waals surface area (Å²) in [5.41, 5.74) is 0. The van der Waals surface area contributed by atoms with Gasteiger partial charge in [0, 0.05) is 10.7 Å². The number of hydrogen-bond donors (Lipinski definition) is 0. The Morgan fingerprint density at radius 2 is 0.875 bits per heavy atom. The summed E-state index contributed by atoms with van der Waals surface area (Å²) in [4.78, 5) is 0. The summed E-state index contributed by atoms with van der Waals surface area (Å²) in [6.45, 7) is 15.4. The van der Waals surface area contributed by atoms with Gasteiger partial charge in [-0.25, -0.2) is 0 Å². The Bertz CT molecular complexity index is 388. The van der Waals surface area contributed by atoms with Crippen LogP contribution in [0.1, 0.15) is 98.9 Å². The van der Waals surface area contributed by atoms with Gasteiger partial charge >= 0.3 is 0 Å². The van der Waals surface area contributed by atoms with E-state index in [4.69, 9.17) is 0 Å². The van der Waals surface area contributed by atoms with Crippen molar-refractivity contribution in [2.24, 2.45) is 35.5 Å². The molecule has 6 unspecified atom stereocenters. The molecule has 0 saturated heterocycles. The van der Waals surface area contributed by atoms with Crippen LogP contribution in [0.15, 0.2) is 50.6 Å². The molecule has 0 radical (unpaired) electrons. The molecular weight excluding hydrogens is 520 g/mol. The van der Waals surface area contributed by atoms with Crippen molar-refractivity contribution in [3.8, 4) is 0 Å². The predicted octanol–water partition coefficient (Wildman–Crippen LogP) is 12.9. The first-order valence-corrected chi connectivity index (χ1v) is 11.0. The Morgan fingerprint density at radius 1 is 0.531 bits per heavy atom. The fraction of sp³-hybridized carbons (Fsp3) is 0.733. The first kappa shape index (κ1) is 58.1. The smallest absolute Gasteiger partial charge is 0.00655 e. The molecule has 2 aliphatic carbocycles. The Morgan fingerprint density at radius 3 is 1.12 bits per heavy atom. The number of hydrogen-bond acceptors (Lipinski definition) is 0. The highest BCUT2D eigenvalue weighted by Crippen LogP contribution is 2.40. The van der Waals surface area contributed by atoms with Gasteiger partial charge in [0.25, 0.3) is 0 Å². The fourth-order valence-corrected chi connectivity index (χ4v) is 5.35. The van der Waals surface area contributed by atoms with Crippen LogP contribution in [-0.4, -0.2) is 10.7 Å². The summed E-state index contributed by atoms with van der Waals surface area (Å²) < 4.78 is 0. The highest BCUT2D eigenvalue weighted by Gasteiger charge is 2.30. The van der Waals surface area contributed by atoms with Crippen LogP contribution < -0.4 is 0 Å². The molecule has 2 rings (SSSR count). The van der Waals surface area contributed by atoms with Crippen LogP contribution >= 0.6 is 31.9 Å². The molecule has 6 atom stereocenters. The van der Waals surface area contributed by atoms with E-state index >= 15 is 0 Å². The van der Waals surface area contributed by atoms with Gasteiger partial charge in [-0.05, 0) is 67.6 Å². The molecule has 202 valence electrons. The normalized spacial score (nSPS) is 25.8. The SMILES string of the molecule is C.C.C.C.C.C.C.C.C.C=CC1CC(C=C)C(CBr)C1.C=CC1CC(C=C)C(CCBr)C1. The van der Waals surface area contributed by atoms with Crippen molar-refractivity contribution in [3.05, 3.63) is 50.6 Å². The summed E-state index contributed by atoms with van der Waals surface area (Å²) >= 11 is 7.03. The molecule has 0 aliphatic heterocycles. The Labute approximate surface area is 226 Å². The maximum Gasteiger partial charge on any atom is 0.00655 e. The topological polar surface area (TPSA) is 0 Å². The maximum absolute atomic E-state index is 3.89. The van der Waals surface area contributed by atoms with E-state index in [0.717, 1.165) is 40.2 Å². The lowest BCUT2D eigenvalue weighted by atomic mass is 9.94. The molecule has 0 aromatic carbocycles. The summed E-state index contributed by atoms with van der Waals surface area (Å²) in [5.74, 6) is 4.51. The molecule has 32 heavy (non-hydrogen) atoms. The van der Waals surface area contributed by atoms with Gasteiger partial charge < -0.3 is 0 Å². The molecule has 2 saturated carbocycles. The third-order valence-electron chi connectivity index (χ3n) is 5.52. The summed E-state index contributed by atoms with van der Waals surface area (Å²) in [6.07, 6.45) is 14.8. The lowest BCUT2D eigenvalue weighted by molar-refractivity contribution is 0.448. The average Bonchev–Trinajstić information content (AvgIpc) is 3.18. The van der Waals surface area contributed by atoms with E-state index in [1.165, 1.54) is 32.1 Å². The van der Waals surface area contributed by atoms with Gasteiger partial charge in [0.2, 0.25) is 0 Å². The molecule has 2 fully saturated rings. The minimum Gasteiger partial charge on any atom is -0.103 e.